The van der Waals surface area contributed by atoms with Crippen LogP contribution in [-0.4, -0.2) is 50.1 Å². The number of nitrogens with zero attached hydrogens (tertiary/aromatic N) is 3. The summed E-state index contributed by atoms with van der Waals surface area (Å²) in [6.07, 6.45) is 6.11. The maximum atomic E-state index is 12.1. The van der Waals surface area contributed by atoms with Crippen molar-refractivity contribution in [1.29, 1.82) is 0 Å². The summed E-state index contributed by atoms with van der Waals surface area (Å²) in [6, 6.07) is 0. The van der Waals surface area contributed by atoms with E-state index in [4.69, 9.17) is 9.90 Å². The first-order chi connectivity index (χ1) is 11.2. The normalized spacial score (nSPS) is 19.0. The lowest BCUT2D eigenvalue weighted by molar-refractivity contribution is -0.123. The summed E-state index contributed by atoms with van der Waals surface area (Å²) in [4.78, 5) is 20.4. The van der Waals surface area contributed by atoms with Gasteiger partial charge in [0, 0.05) is 30.2 Å². The molecule has 0 unspecified atom stereocenters. The smallest absolute Gasteiger partial charge is 0.290 e. The molecule has 0 spiro atoms. The zero-order valence-corrected chi connectivity index (χ0v) is 15.0. The van der Waals surface area contributed by atoms with Crippen molar-refractivity contribution in [3.8, 4) is 0 Å². The fraction of sp³-hybridized carbons (Fsp3) is 0.750. The van der Waals surface area contributed by atoms with Gasteiger partial charge in [0.15, 0.2) is 0 Å². The van der Waals surface area contributed by atoms with Gasteiger partial charge in [-0.2, -0.15) is 0 Å². The van der Waals surface area contributed by atoms with Crippen LogP contribution < -0.4 is 10.6 Å². The van der Waals surface area contributed by atoms with E-state index in [2.05, 4.69) is 48.6 Å². The molecule has 0 aliphatic carbocycles. The van der Waals surface area contributed by atoms with E-state index in [-0.39, 0.29) is 23.5 Å². The largest absolute Gasteiger partial charge is 0.483 e. The van der Waals surface area contributed by atoms with Crippen LogP contribution in [0, 0.1) is 5.92 Å². The van der Waals surface area contributed by atoms with Gasteiger partial charge < -0.3 is 15.7 Å². The highest BCUT2D eigenvalue weighted by Crippen LogP contribution is 2.34. The first-order valence-electron chi connectivity index (χ1n) is 8.15. The Kier molecular flexibility index (Phi) is 7.34. The van der Waals surface area contributed by atoms with Crippen molar-refractivity contribution >= 4 is 12.4 Å². The Hall–Kier alpha value is -1.96. The number of carbonyl (C=O) groups excluding carboxylic acids is 1. The summed E-state index contributed by atoms with van der Waals surface area (Å²) in [5.74, 6) is 0.566. The van der Waals surface area contributed by atoms with Crippen LogP contribution >= 0.6 is 0 Å². The zero-order chi connectivity index (χ0) is 18.2. The van der Waals surface area contributed by atoms with Crippen LogP contribution in [0.4, 0.5) is 0 Å². The van der Waals surface area contributed by atoms with Gasteiger partial charge >= 0.3 is 0 Å². The molecule has 1 aliphatic heterocycles. The summed E-state index contributed by atoms with van der Waals surface area (Å²) < 4.78 is 1.72. The van der Waals surface area contributed by atoms with Gasteiger partial charge in [-0.1, -0.05) is 5.21 Å². The van der Waals surface area contributed by atoms with Crippen molar-refractivity contribution < 1.29 is 14.7 Å². The Bertz CT molecular complexity index is 498. The standard InChI is InChI=1S/C15H27N5O.CH2O2/c1-14(2)10-12(11-15(3,4)18-14)9-13(21)16-5-7-20-8-6-17-19-20;2-1-3/h6,8,12,18H,5,7,9-11H2,1-4H3,(H,16,21);1H,(H,2,3). The Morgan fingerprint density at radius 1 is 1.38 bits per heavy atom. The molecule has 136 valence electrons. The molecular formula is C16H29N5O3. The molecule has 24 heavy (non-hydrogen) atoms. The maximum absolute atomic E-state index is 12.1. The third-order valence-corrected chi connectivity index (χ3v) is 3.88. The van der Waals surface area contributed by atoms with Gasteiger partial charge in [-0.15, -0.1) is 5.10 Å². The van der Waals surface area contributed by atoms with Crippen LogP contribution in [0.15, 0.2) is 12.4 Å². The Morgan fingerprint density at radius 3 is 2.46 bits per heavy atom. The Morgan fingerprint density at radius 2 is 1.96 bits per heavy atom. The molecule has 1 aromatic rings. The van der Waals surface area contributed by atoms with Crippen molar-refractivity contribution in [2.24, 2.45) is 5.92 Å². The summed E-state index contributed by atoms with van der Waals surface area (Å²) in [5, 5.41) is 21.1. The molecule has 2 rings (SSSR count). The van der Waals surface area contributed by atoms with Gasteiger partial charge in [0.2, 0.25) is 5.91 Å². The number of aromatic nitrogens is 3. The molecule has 2 heterocycles. The van der Waals surface area contributed by atoms with Crippen LogP contribution in [0.3, 0.4) is 0 Å². The van der Waals surface area contributed by atoms with Crippen LogP contribution in [0.5, 0.6) is 0 Å². The first-order valence-corrected chi connectivity index (χ1v) is 8.15. The van der Waals surface area contributed by atoms with Crippen molar-refractivity contribution in [2.75, 3.05) is 6.54 Å². The summed E-state index contributed by atoms with van der Waals surface area (Å²) in [6.45, 7) is 9.86. The second kappa shape index (κ2) is 8.77. The molecule has 1 aliphatic rings. The topological polar surface area (TPSA) is 109 Å². The lowest BCUT2D eigenvalue weighted by atomic mass is 9.74. The van der Waals surface area contributed by atoms with Gasteiger partial charge in [-0.25, -0.2) is 0 Å². The number of hydrogen-bond donors (Lipinski definition) is 3. The number of amides is 1. The highest BCUT2D eigenvalue weighted by atomic mass is 16.3. The van der Waals surface area contributed by atoms with Gasteiger partial charge in [-0.3, -0.25) is 14.3 Å². The molecule has 0 aromatic carbocycles. The lowest BCUT2D eigenvalue weighted by Gasteiger charge is -2.46. The minimum absolute atomic E-state index is 0.0907. The average Bonchev–Trinajstić information content (AvgIpc) is 2.88. The van der Waals surface area contributed by atoms with Crippen LogP contribution in [-0.2, 0) is 16.1 Å². The Labute approximate surface area is 143 Å². The molecular weight excluding hydrogens is 310 g/mol. The summed E-state index contributed by atoms with van der Waals surface area (Å²) in [5.41, 5.74) is 0.181. The number of carboxylic acid groups (broad SMARTS) is 1. The molecule has 0 atom stereocenters. The molecule has 1 aromatic heterocycles. The predicted molar refractivity (Wildman–Crippen MR) is 90.4 cm³/mol. The van der Waals surface area contributed by atoms with Crippen molar-refractivity contribution in [3.05, 3.63) is 12.4 Å². The minimum Gasteiger partial charge on any atom is -0.483 e. The molecule has 8 nitrogen and oxygen atoms in total. The highest BCUT2D eigenvalue weighted by Gasteiger charge is 2.38. The average molecular weight is 339 g/mol. The molecule has 1 fully saturated rings. The molecule has 0 saturated carbocycles. The SMILES string of the molecule is CC1(C)CC(CC(=O)NCCn2ccnn2)CC(C)(C)N1.O=CO. The van der Waals surface area contributed by atoms with E-state index in [0.717, 1.165) is 12.8 Å². The quantitative estimate of drug-likeness (QED) is 0.692. The van der Waals surface area contributed by atoms with Gasteiger partial charge in [-0.05, 0) is 46.5 Å². The van der Waals surface area contributed by atoms with Gasteiger partial charge in [0.05, 0.1) is 12.7 Å². The second-order valence-electron chi connectivity index (χ2n) is 7.49. The van der Waals surface area contributed by atoms with E-state index >= 15 is 0 Å². The van der Waals surface area contributed by atoms with Crippen LogP contribution in [0.2, 0.25) is 0 Å². The summed E-state index contributed by atoms with van der Waals surface area (Å²) >= 11 is 0. The number of carbonyl (C=O) groups is 2. The fourth-order valence-electron chi connectivity index (χ4n) is 3.67. The maximum Gasteiger partial charge on any atom is 0.290 e. The van der Waals surface area contributed by atoms with Crippen LogP contribution in [0.25, 0.3) is 0 Å². The van der Waals surface area contributed by atoms with E-state index < -0.39 is 0 Å². The van der Waals surface area contributed by atoms with E-state index in [1.54, 1.807) is 17.1 Å². The number of rotatable bonds is 5. The van der Waals surface area contributed by atoms with Gasteiger partial charge in [0.1, 0.15) is 0 Å². The van der Waals surface area contributed by atoms with Crippen molar-refractivity contribution in [1.82, 2.24) is 25.6 Å². The predicted octanol–water partition coefficient (Wildman–Crippen LogP) is 1.04. The first kappa shape index (κ1) is 20.1. The van der Waals surface area contributed by atoms with E-state index in [1.807, 2.05) is 0 Å². The second-order valence-corrected chi connectivity index (χ2v) is 7.49. The van der Waals surface area contributed by atoms with E-state index in [9.17, 15) is 4.79 Å². The fourth-order valence-corrected chi connectivity index (χ4v) is 3.67. The van der Waals surface area contributed by atoms with E-state index in [0.29, 0.717) is 25.4 Å². The molecule has 3 N–H and O–H groups in total. The van der Waals surface area contributed by atoms with Crippen molar-refractivity contribution in [3.63, 3.8) is 0 Å². The molecule has 8 heteroatoms. The third kappa shape index (κ3) is 7.54. The molecule has 1 amide bonds. The van der Waals surface area contributed by atoms with Crippen molar-refractivity contribution in [2.45, 2.75) is 64.6 Å². The van der Waals surface area contributed by atoms with Gasteiger partial charge in [0.25, 0.3) is 6.47 Å². The molecule has 0 bridgehead atoms. The summed E-state index contributed by atoms with van der Waals surface area (Å²) in [7, 11) is 0. The Balaban J connectivity index is 0.000000891. The monoisotopic (exact) mass is 339 g/mol. The molecule has 1 saturated heterocycles. The minimum atomic E-state index is -0.250. The van der Waals surface area contributed by atoms with Crippen LogP contribution in [0.1, 0.15) is 47.0 Å². The molecule has 0 radical (unpaired) electrons. The third-order valence-electron chi connectivity index (χ3n) is 3.88. The van der Waals surface area contributed by atoms with E-state index in [1.165, 1.54) is 0 Å². The zero-order valence-electron chi connectivity index (χ0n) is 15.0. The highest BCUT2D eigenvalue weighted by molar-refractivity contribution is 5.76. The number of piperidine rings is 1. The number of hydrogen-bond acceptors (Lipinski definition) is 5. The number of nitrogens with one attached hydrogen (secondary N) is 2. The lowest BCUT2D eigenvalue weighted by Crippen LogP contribution is -2.58.